The van der Waals surface area contributed by atoms with E-state index < -0.39 is 4.92 Å². The van der Waals surface area contributed by atoms with Crippen LogP contribution in [0.15, 0.2) is 18.2 Å². The summed E-state index contributed by atoms with van der Waals surface area (Å²) >= 11 is 1.47. The van der Waals surface area contributed by atoms with Crippen LogP contribution in [0.2, 0.25) is 0 Å². The Morgan fingerprint density at radius 1 is 1.43 bits per heavy atom. The molecule has 1 aromatic carbocycles. The van der Waals surface area contributed by atoms with Crippen LogP contribution in [0.1, 0.15) is 36.9 Å². The first kappa shape index (κ1) is 15.5. The molecule has 0 saturated carbocycles. The molecule has 6 nitrogen and oxygen atoms in total. The van der Waals surface area contributed by atoms with Gasteiger partial charge in [-0.05, 0) is 32.4 Å². The quantitative estimate of drug-likeness (QED) is 0.652. The molecular formula is C14H18N4O2S. The minimum absolute atomic E-state index is 0.0736. The van der Waals surface area contributed by atoms with Crippen molar-refractivity contribution in [3.05, 3.63) is 38.9 Å². The Morgan fingerprint density at radius 2 is 2.19 bits per heavy atom. The van der Waals surface area contributed by atoms with Gasteiger partial charge in [-0.3, -0.25) is 10.1 Å². The average molecular weight is 306 g/mol. The predicted molar refractivity (Wildman–Crippen MR) is 83.4 cm³/mol. The van der Waals surface area contributed by atoms with Crippen molar-refractivity contribution in [3.8, 4) is 10.6 Å². The van der Waals surface area contributed by atoms with Gasteiger partial charge in [-0.1, -0.05) is 24.3 Å². The third-order valence-corrected chi connectivity index (χ3v) is 4.31. The first-order valence-corrected chi connectivity index (χ1v) is 7.66. The van der Waals surface area contributed by atoms with Gasteiger partial charge in [0.2, 0.25) is 0 Å². The number of nitro groups is 1. The molecule has 0 fully saturated rings. The van der Waals surface area contributed by atoms with E-state index in [1.807, 2.05) is 13.8 Å². The molecule has 1 aromatic heterocycles. The van der Waals surface area contributed by atoms with Gasteiger partial charge in [0.1, 0.15) is 10.0 Å². The second-order valence-electron chi connectivity index (χ2n) is 4.88. The molecule has 2 aromatic rings. The van der Waals surface area contributed by atoms with Crippen molar-refractivity contribution < 1.29 is 4.92 Å². The standard InChI is InChI=1S/C14H18N4O2S/c1-4-7-15-10(3)13-16-17-14(21-13)12-8-11(18(19)20)6-5-9(12)2/h5-6,8,10,15H,4,7H2,1-3H3. The van der Waals surface area contributed by atoms with Crippen LogP contribution in [0, 0.1) is 17.0 Å². The Bertz CT molecular complexity index is 642. The smallest absolute Gasteiger partial charge is 0.270 e. The molecule has 0 aliphatic heterocycles. The van der Waals surface area contributed by atoms with Gasteiger partial charge in [-0.2, -0.15) is 0 Å². The molecule has 0 aliphatic carbocycles. The zero-order valence-corrected chi connectivity index (χ0v) is 13.1. The predicted octanol–water partition coefficient (Wildman–Crippen LogP) is 3.48. The maximum Gasteiger partial charge on any atom is 0.270 e. The highest BCUT2D eigenvalue weighted by Gasteiger charge is 2.16. The second-order valence-corrected chi connectivity index (χ2v) is 5.89. The largest absolute Gasteiger partial charge is 0.308 e. The zero-order valence-electron chi connectivity index (χ0n) is 12.3. The fourth-order valence-electron chi connectivity index (χ4n) is 1.92. The normalized spacial score (nSPS) is 12.3. The molecule has 1 heterocycles. The van der Waals surface area contributed by atoms with Gasteiger partial charge in [0.15, 0.2) is 0 Å². The number of aromatic nitrogens is 2. The van der Waals surface area contributed by atoms with Gasteiger partial charge in [-0.15, -0.1) is 10.2 Å². The molecule has 112 valence electrons. The number of nitrogens with one attached hydrogen (secondary N) is 1. The Kier molecular flexibility index (Phi) is 4.98. The number of nitro benzene ring substituents is 1. The van der Waals surface area contributed by atoms with Gasteiger partial charge in [0.05, 0.1) is 11.0 Å². The van der Waals surface area contributed by atoms with E-state index in [9.17, 15) is 10.1 Å². The fraction of sp³-hybridized carbons (Fsp3) is 0.429. The van der Waals surface area contributed by atoms with Gasteiger partial charge in [0, 0.05) is 17.7 Å². The van der Waals surface area contributed by atoms with Crippen LogP contribution in [0.3, 0.4) is 0 Å². The zero-order chi connectivity index (χ0) is 15.4. The number of hydrogen-bond acceptors (Lipinski definition) is 6. The molecule has 0 radical (unpaired) electrons. The number of non-ortho nitro benzene ring substituents is 1. The number of hydrogen-bond donors (Lipinski definition) is 1. The van der Waals surface area contributed by atoms with Crippen LogP contribution in [-0.4, -0.2) is 21.7 Å². The molecule has 0 aliphatic rings. The van der Waals surface area contributed by atoms with Crippen LogP contribution in [-0.2, 0) is 0 Å². The first-order chi connectivity index (χ1) is 10.0. The van der Waals surface area contributed by atoms with Crippen molar-refractivity contribution in [2.45, 2.75) is 33.2 Å². The van der Waals surface area contributed by atoms with E-state index in [1.165, 1.54) is 17.4 Å². The van der Waals surface area contributed by atoms with Crippen LogP contribution >= 0.6 is 11.3 Å². The summed E-state index contributed by atoms with van der Waals surface area (Å²) in [6.07, 6.45) is 1.06. The van der Waals surface area contributed by atoms with Crippen molar-refractivity contribution in [1.29, 1.82) is 0 Å². The summed E-state index contributed by atoms with van der Waals surface area (Å²) in [6, 6.07) is 4.94. The monoisotopic (exact) mass is 306 g/mol. The highest BCUT2D eigenvalue weighted by atomic mass is 32.1. The van der Waals surface area contributed by atoms with E-state index in [1.54, 1.807) is 12.1 Å². The Balaban J connectivity index is 2.29. The van der Waals surface area contributed by atoms with E-state index in [-0.39, 0.29) is 11.7 Å². The molecule has 0 saturated heterocycles. The number of aryl methyl sites for hydroxylation is 1. The minimum atomic E-state index is -0.393. The summed E-state index contributed by atoms with van der Waals surface area (Å²) in [5.74, 6) is 0. The van der Waals surface area contributed by atoms with E-state index in [0.29, 0.717) is 0 Å². The van der Waals surface area contributed by atoms with Gasteiger partial charge in [-0.25, -0.2) is 0 Å². The summed E-state index contributed by atoms with van der Waals surface area (Å²) in [4.78, 5) is 10.5. The average Bonchev–Trinajstić information content (AvgIpc) is 2.94. The van der Waals surface area contributed by atoms with E-state index in [0.717, 1.165) is 34.1 Å². The summed E-state index contributed by atoms with van der Waals surface area (Å²) < 4.78 is 0. The highest BCUT2D eigenvalue weighted by molar-refractivity contribution is 7.14. The van der Waals surface area contributed by atoms with E-state index in [4.69, 9.17) is 0 Å². The summed E-state index contributed by atoms with van der Waals surface area (Å²) in [5.41, 5.74) is 1.80. The van der Waals surface area contributed by atoms with Crippen LogP contribution in [0.5, 0.6) is 0 Å². The lowest BCUT2D eigenvalue weighted by atomic mass is 10.1. The second kappa shape index (κ2) is 6.73. The number of benzene rings is 1. The molecule has 0 spiro atoms. The van der Waals surface area contributed by atoms with Crippen LogP contribution in [0.4, 0.5) is 5.69 Å². The lowest BCUT2D eigenvalue weighted by Crippen LogP contribution is -2.18. The highest BCUT2D eigenvalue weighted by Crippen LogP contribution is 2.31. The number of rotatable bonds is 6. The van der Waals surface area contributed by atoms with E-state index >= 15 is 0 Å². The van der Waals surface area contributed by atoms with Crippen molar-refractivity contribution in [2.75, 3.05) is 6.54 Å². The molecule has 21 heavy (non-hydrogen) atoms. The van der Waals surface area contributed by atoms with Crippen molar-refractivity contribution in [2.24, 2.45) is 0 Å². The molecule has 1 unspecified atom stereocenters. The Morgan fingerprint density at radius 3 is 2.86 bits per heavy atom. The maximum absolute atomic E-state index is 10.9. The molecule has 7 heteroatoms. The first-order valence-electron chi connectivity index (χ1n) is 6.85. The molecule has 0 bridgehead atoms. The minimum Gasteiger partial charge on any atom is -0.308 e. The number of nitrogens with zero attached hydrogens (tertiary/aromatic N) is 3. The Labute approximate surface area is 127 Å². The molecular weight excluding hydrogens is 288 g/mol. The summed E-state index contributed by atoms with van der Waals surface area (Å²) in [6.45, 7) is 6.99. The van der Waals surface area contributed by atoms with E-state index in [2.05, 4.69) is 22.4 Å². The van der Waals surface area contributed by atoms with Crippen molar-refractivity contribution in [3.63, 3.8) is 0 Å². The molecule has 1 N–H and O–H groups in total. The van der Waals surface area contributed by atoms with Crippen LogP contribution in [0.25, 0.3) is 10.6 Å². The van der Waals surface area contributed by atoms with Crippen molar-refractivity contribution >= 4 is 17.0 Å². The fourth-order valence-corrected chi connectivity index (χ4v) is 2.87. The summed E-state index contributed by atoms with van der Waals surface area (Å²) in [5, 5.41) is 24.2. The van der Waals surface area contributed by atoms with Crippen molar-refractivity contribution in [1.82, 2.24) is 15.5 Å². The maximum atomic E-state index is 10.9. The van der Waals surface area contributed by atoms with Crippen LogP contribution < -0.4 is 5.32 Å². The van der Waals surface area contributed by atoms with Gasteiger partial charge >= 0.3 is 0 Å². The lowest BCUT2D eigenvalue weighted by molar-refractivity contribution is -0.384. The van der Waals surface area contributed by atoms with Gasteiger partial charge in [0.25, 0.3) is 5.69 Å². The lowest BCUT2D eigenvalue weighted by Gasteiger charge is -2.08. The third-order valence-electron chi connectivity index (χ3n) is 3.17. The SMILES string of the molecule is CCCNC(C)c1nnc(-c2cc([N+](=O)[O-])ccc2C)s1. The Hall–Kier alpha value is -1.86. The topological polar surface area (TPSA) is 81.0 Å². The summed E-state index contributed by atoms with van der Waals surface area (Å²) in [7, 11) is 0. The molecule has 1 atom stereocenters. The molecule has 2 rings (SSSR count). The third kappa shape index (κ3) is 3.62. The molecule has 0 amide bonds. The van der Waals surface area contributed by atoms with Gasteiger partial charge < -0.3 is 5.32 Å².